The van der Waals surface area contributed by atoms with Gasteiger partial charge in [0.1, 0.15) is 0 Å². The molecule has 0 unspecified atom stereocenters. The van der Waals surface area contributed by atoms with Gasteiger partial charge in [-0.1, -0.05) is 0 Å². The summed E-state index contributed by atoms with van der Waals surface area (Å²) in [5, 5.41) is 0. The van der Waals surface area contributed by atoms with E-state index in [4.69, 9.17) is 9.47 Å². The molecule has 1 N–H and O–H groups in total. The van der Waals surface area contributed by atoms with E-state index < -0.39 is 10.0 Å². The summed E-state index contributed by atoms with van der Waals surface area (Å²) in [6, 6.07) is 4.08. The number of piperidine rings is 1. The standard InChI is InChI=1S/C15H21BrN2O4S/c1-23(19,20)17-7-11-3-2-4-18(8-11)9-12-5-13(16)15-14(6-12)21-10-22-15/h5-6,11,17H,2-4,7-10H2,1H3/t11-/m1/s1. The maximum absolute atomic E-state index is 11.2. The van der Waals surface area contributed by atoms with E-state index in [9.17, 15) is 8.42 Å². The third-order valence-electron chi connectivity index (χ3n) is 4.13. The highest BCUT2D eigenvalue weighted by Crippen LogP contribution is 2.40. The van der Waals surface area contributed by atoms with Gasteiger partial charge in [0.05, 0.1) is 10.7 Å². The zero-order valence-corrected chi connectivity index (χ0v) is 15.5. The van der Waals surface area contributed by atoms with Crippen molar-refractivity contribution in [3.8, 4) is 11.5 Å². The average molecular weight is 405 g/mol. The molecule has 1 aromatic rings. The number of rotatable bonds is 5. The highest BCUT2D eigenvalue weighted by Gasteiger charge is 2.23. The van der Waals surface area contributed by atoms with Gasteiger partial charge >= 0.3 is 0 Å². The first kappa shape index (κ1) is 17.0. The summed E-state index contributed by atoms with van der Waals surface area (Å²) in [6.07, 6.45) is 3.35. The number of fused-ring (bicyclic) bond motifs is 1. The highest BCUT2D eigenvalue weighted by atomic mass is 79.9. The molecule has 6 nitrogen and oxygen atoms in total. The minimum absolute atomic E-state index is 0.264. The summed E-state index contributed by atoms with van der Waals surface area (Å²) < 4.78 is 36.9. The lowest BCUT2D eigenvalue weighted by atomic mass is 9.98. The van der Waals surface area contributed by atoms with Gasteiger partial charge in [-0.25, -0.2) is 13.1 Å². The van der Waals surface area contributed by atoms with Gasteiger partial charge in [-0.2, -0.15) is 0 Å². The molecule has 1 atom stereocenters. The second-order valence-electron chi connectivity index (χ2n) is 6.18. The molecule has 0 aromatic heterocycles. The van der Waals surface area contributed by atoms with Crippen molar-refractivity contribution >= 4 is 26.0 Å². The van der Waals surface area contributed by atoms with Crippen LogP contribution in [0, 0.1) is 5.92 Å². The average Bonchev–Trinajstić information content (AvgIpc) is 2.94. The van der Waals surface area contributed by atoms with Crippen LogP contribution in [0.2, 0.25) is 0 Å². The summed E-state index contributed by atoms with van der Waals surface area (Å²) in [5.74, 6) is 1.90. The van der Waals surface area contributed by atoms with E-state index in [1.165, 1.54) is 6.26 Å². The van der Waals surface area contributed by atoms with Gasteiger partial charge in [0, 0.05) is 19.6 Å². The smallest absolute Gasteiger partial charge is 0.231 e. The SMILES string of the molecule is CS(=O)(=O)NC[C@H]1CCCN(Cc2cc(Br)c3c(c2)OCO3)C1. The van der Waals surface area contributed by atoms with Crippen LogP contribution in [0.4, 0.5) is 0 Å². The first-order valence-corrected chi connectivity index (χ1v) is 10.3. The van der Waals surface area contributed by atoms with Gasteiger partial charge in [0.2, 0.25) is 16.8 Å². The van der Waals surface area contributed by atoms with E-state index in [0.29, 0.717) is 12.5 Å². The van der Waals surface area contributed by atoms with Crippen molar-refractivity contribution in [2.24, 2.45) is 5.92 Å². The van der Waals surface area contributed by atoms with Crippen molar-refractivity contribution in [3.05, 3.63) is 22.2 Å². The minimum Gasteiger partial charge on any atom is -0.454 e. The molecular weight excluding hydrogens is 384 g/mol. The second-order valence-corrected chi connectivity index (χ2v) is 8.86. The van der Waals surface area contributed by atoms with Crippen molar-refractivity contribution in [3.63, 3.8) is 0 Å². The molecule has 2 heterocycles. The molecule has 0 aliphatic carbocycles. The zero-order valence-electron chi connectivity index (χ0n) is 13.0. The topological polar surface area (TPSA) is 67.9 Å². The van der Waals surface area contributed by atoms with Crippen molar-refractivity contribution in [2.45, 2.75) is 19.4 Å². The van der Waals surface area contributed by atoms with Gasteiger partial charge in [-0.3, -0.25) is 4.90 Å². The number of nitrogens with zero attached hydrogens (tertiary/aromatic N) is 1. The fourth-order valence-electron chi connectivity index (χ4n) is 3.10. The van der Waals surface area contributed by atoms with E-state index in [0.717, 1.165) is 54.0 Å². The fourth-order valence-corrected chi connectivity index (χ4v) is 4.24. The van der Waals surface area contributed by atoms with Crippen LogP contribution in [0.3, 0.4) is 0 Å². The van der Waals surface area contributed by atoms with Gasteiger partial charge in [-0.05, 0) is 58.9 Å². The predicted molar refractivity (Wildman–Crippen MR) is 91.1 cm³/mol. The number of ether oxygens (including phenoxy) is 2. The molecule has 0 spiro atoms. The number of halogens is 1. The first-order valence-electron chi connectivity index (χ1n) is 7.66. The van der Waals surface area contributed by atoms with E-state index in [1.807, 2.05) is 6.07 Å². The van der Waals surface area contributed by atoms with Gasteiger partial charge < -0.3 is 9.47 Å². The highest BCUT2D eigenvalue weighted by molar-refractivity contribution is 9.10. The molecule has 1 fully saturated rings. The number of nitrogens with one attached hydrogen (secondary N) is 1. The number of hydrogen-bond donors (Lipinski definition) is 1. The van der Waals surface area contributed by atoms with E-state index in [2.05, 4.69) is 31.6 Å². The molecule has 128 valence electrons. The lowest BCUT2D eigenvalue weighted by Crippen LogP contribution is -2.40. The Hall–Kier alpha value is -0.830. The van der Waals surface area contributed by atoms with E-state index in [1.54, 1.807) is 0 Å². The maximum Gasteiger partial charge on any atom is 0.231 e. The Morgan fingerprint density at radius 1 is 1.39 bits per heavy atom. The van der Waals surface area contributed by atoms with Crippen molar-refractivity contribution in [1.82, 2.24) is 9.62 Å². The third kappa shape index (κ3) is 4.59. The Morgan fingerprint density at radius 3 is 3.00 bits per heavy atom. The number of benzene rings is 1. The lowest BCUT2D eigenvalue weighted by Gasteiger charge is -2.32. The van der Waals surface area contributed by atoms with Crippen LogP contribution >= 0.6 is 15.9 Å². The normalized spacial score (nSPS) is 21.6. The Balaban J connectivity index is 1.61. The maximum atomic E-state index is 11.2. The Kier molecular flexibility index (Phi) is 5.15. The van der Waals surface area contributed by atoms with Crippen LogP contribution in [-0.2, 0) is 16.6 Å². The fraction of sp³-hybridized carbons (Fsp3) is 0.600. The van der Waals surface area contributed by atoms with Crippen LogP contribution in [0.5, 0.6) is 11.5 Å². The van der Waals surface area contributed by atoms with Crippen molar-refractivity contribution in [2.75, 3.05) is 32.7 Å². The molecule has 1 aromatic carbocycles. The van der Waals surface area contributed by atoms with Crippen LogP contribution in [0.25, 0.3) is 0 Å². The lowest BCUT2D eigenvalue weighted by molar-refractivity contribution is 0.168. The van der Waals surface area contributed by atoms with Gasteiger partial charge in [0.15, 0.2) is 11.5 Å². The van der Waals surface area contributed by atoms with E-state index >= 15 is 0 Å². The number of sulfonamides is 1. The molecule has 0 radical (unpaired) electrons. The van der Waals surface area contributed by atoms with Crippen molar-refractivity contribution in [1.29, 1.82) is 0 Å². The molecule has 3 rings (SSSR count). The second kappa shape index (κ2) is 6.96. The predicted octanol–water partition coefficient (Wildman–Crippen LogP) is 1.94. The molecule has 0 bridgehead atoms. The molecule has 0 saturated carbocycles. The third-order valence-corrected chi connectivity index (χ3v) is 5.41. The summed E-state index contributed by atoms with van der Waals surface area (Å²) in [7, 11) is -3.12. The summed E-state index contributed by atoms with van der Waals surface area (Å²) >= 11 is 3.52. The number of hydrogen-bond acceptors (Lipinski definition) is 5. The van der Waals surface area contributed by atoms with Gasteiger partial charge in [-0.15, -0.1) is 0 Å². The van der Waals surface area contributed by atoms with Crippen LogP contribution in [0.15, 0.2) is 16.6 Å². The Labute approximate surface area is 145 Å². The monoisotopic (exact) mass is 404 g/mol. The van der Waals surface area contributed by atoms with Crippen LogP contribution in [0.1, 0.15) is 18.4 Å². The van der Waals surface area contributed by atoms with Gasteiger partial charge in [0.25, 0.3) is 0 Å². The molecule has 8 heteroatoms. The number of likely N-dealkylation sites (tertiary alicyclic amines) is 1. The summed E-state index contributed by atoms with van der Waals surface area (Å²) in [4.78, 5) is 2.36. The first-order chi connectivity index (χ1) is 10.9. The molecule has 23 heavy (non-hydrogen) atoms. The molecule has 2 aliphatic heterocycles. The van der Waals surface area contributed by atoms with Crippen LogP contribution in [-0.4, -0.2) is 46.0 Å². The molecule has 0 amide bonds. The Morgan fingerprint density at radius 2 is 2.22 bits per heavy atom. The van der Waals surface area contributed by atoms with Crippen molar-refractivity contribution < 1.29 is 17.9 Å². The summed E-state index contributed by atoms with van der Waals surface area (Å²) in [6.45, 7) is 3.53. The van der Waals surface area contributed by atoms with Crippen LogP contribution < -0.4 is 14.2 Å². The summed E-state index contributed by atoms with van der Waals surface area (Å²) in [5.41, 5.74) is 1.16. The Bertz CT molecular complexity index is 680. The quantitative estimate of drug-likeness (QED) is 0.811. The molecule has 2 aliphatic rings. The zero-order chi connectivity index (χ0) is 16.4. The largest absolute Gasteiger partial charge is 0.454 e. The van der Waals surface area contributed by atoms with E-state index in [-0.39, 0.29) is 6.79 Å². The molecule has 1 saturated heterocycles. The molecular formula is C15H21BrN2O4S. The minimum atomic E-state index is -3.12.